The summed E-state index contributed by atoms with van der Waals surface area (Å²) in [7, 11) is 0. The molecule has 5 nitrogen and oxygen atoms in total. The molecule has 0 bridgehead atoms. The highest BCUT2D eigenvalue weighted by atomic mass is 32.1. The molecule has 1 unspecified atom stereocenters. The van der Waals surface area contributed by atoms with Crippen molar-refractivity contribution >= 4 is 28.8 Å². The predicted octanol–water partition coefficient (Wildman–Crippen LogP) is 2.23. The average Bonchev–Trinajstić information content (AvgIpc) is 3.33. The van der Waals surface area contributed by atoms with Gasteiger partial charge in [0.15, 0.2) is 6.04 Å². The molecule has 0 spiro atoms. The van der Waals surface area contributed by atoms with Crippen molar-refractivity contribution < 1.29 is 14.5 Å². The SMILES string of the molecule is Cc1cccc(C)c1NC(=O)CNC(=O)[C@@H](C)[NH+]1CCC[C@@H]1c1cccs1. The first-order valence-electron chi connectivity index (χ1n) is 9.50. The van der Waals surface area contributed by atoms with Gasteiger partial charge < -0.3 is 15.5 Å². The summed E-state index contributed by atoms with van der Waals surface area (Å²) < 4.78 is 0. The van der Waals surface area contributed by atoms with Crippen LogP contribution in [-0.4, -0.2) is 30.9 Å². The number of aryl methyl sites for hydroxylation is 2. The summed E-state index contributed by atoms with van der Waals surface area (Å²) in [6, 6.07) is 10.3. The fourth-order valence-corrected chi connectivity index (χ4v) is 4.79. The number of carbonyl (C=O) groups excluding carboxylic acids is 2. The van der Waals surface area contributed by atoms with Crippen molar-refractivity contribution in [3.63, 3.8) is 0 Å². The van der Waals surface area contributed by atoms with Gasteiger partial charge >= 0.3 is 0 Å². The van der Waals surface area contributed by atoms with Crippen molar-refractivity contribution in [1.29, 1.82) is 0 Å². The van der Waals surface area contributed by atoms with Crippen LogP contribution in [0.4, 0.5) is 5.69 Å². The Hall–Kier alpha value is -2.18. The number of thiophene rings is 1. The average molecular weight is 387 g/mol. The number of nitrogens with one attached hydrogen (secondary N) is 3. The standard InChI is InChI=1S/C21H27N3O2S/c1-14-7-4-8-15(2)20(14)23-19(25)13-22-21(26)16(3)24-11-5-9-17(24)18-10-6-12-27-18/h4,6-8,10,12,16-17H,5,9,11,13H2,1-3H3,(H,22,26)(H,23,25)/p+1/t16-,17-/m1/s1. The first-order chi connectivity index (χ1) is 13.0. The van der Waals surface area contributed by atoms with Gasteiger partial charge in [0.25, 0.3) is 5.91 Å². The van der Waals surface area contributed by atoms with E-state index in [2.05, 4.69) is 28.1 Å². The zero-order valence-electron chi connectivity index (χ0n) is 16.2. The summed E-state index contributed by atoms with van der Waals surface area (Å²) in [6.07, 6.45) is 2.24. The molecule has 2 amide bonds. The minimum atomic E-state index is -0.195. The summed E-state index contributed by atoms with van der Waals surface area (Å²) >= 11 is 1.76. The third-order valence-corrected chi connectivity index (χ3v) is 6.40. The van der Waals surface area contributed by atoms with E-state index in [-0.39, 0.29) is 24.4 Å². The van der Waals surface area contributed by atoms with Gasteiger partial charge in [-0.15, -0.1) is 11.3 Å². The Morgan fingerprint density at radius 1 is 1.22 bits per heavy atom. The summed E-state index contributed by atoms with van der Waals surface area (Å²) in [5.74, 6) is -0.260. The van der Waals surface area contributed by atoms with Crippen LogP contribution in [0.15, 0.2) is 35.7 Å². The fourth-order valence-electron chi connectivity index (χ4n) is 3.89. The molecule has 27 heavy (non-hydrogen) atoms. The molecule has 2 aromatic rings. The minimum Gasteiger partial charge on any atom is -0.342 e. The van der Waals surface area contributed by atoms with Crippen molar-refractivity contribution in [2.24, 2.45) is 0 Å². The van der Waals surface area contributed by atoms with Gasteiger partial charge in [0.1, 0.15) is 6.04 Å². The van der Waals surface area contributed by atoms with Gasteiger partial charge in [0.2, 0.25) is 5.91 Å². The van der Waals surface area contributed by atoms with Crippen LogP contribution in [0.2, 0.25) is 0 Å². The first-order valence-corrected chi connectivity index (χ1v) is 10.4. The lowest BCUT2D eigenvalue weighted by atomic mass is 10.1. The lowest BCUT2D eigenvalue weighted by Gasteiger charge is -2.26. The molecule has 1 aliphatic heterocycles. The Morgan fingerprint density at radius 3 is 2.63 bits per heavy atom. The third kappa shape index (κ3) is 4.57. The van der Waals surface area contributed by atoms with Crippen molar-refractivity contribution in [3.8, 4) is 0 Å². The fraction of sp³-hybridized carbons (Fsp3) is 0.429. The molecule has 0 saturated carbocycles. The molecule has 3 rings (SSSR count). The number of quaternary nitrogens is 1. The molecule has 1 fully saturated rings. The molecule has 0 aliphatic carbocycles. The zero-order chi connectivity index (χ0) is 19.4. The van der Waals surface area contributed by atoms with E-state index >= 15 is 0 Å². The lowest BCUT2D eigenvalue weighted by Crippen LogP contribution is -3.15. The quantitative estimate of drug-likeness (QED) is 0.713. The molecule has 3 atom stereocenters. The number of anilines is 1. The van der Waals surface area contributed by atoms with E-state index < -0.39 is 0 Å². The van der Waals surface area contributed by atoms with Crippen molar-refractivity contribution in [1.82, 2.24) is 5.32 Å². The molecule has 1 saturated heterocycles. The second-order valence-electron chi connectivity index (χ2n) is 7.29. The Morgan fingerprint density at radius 2 is 1.96 bits per heavy atom. The van der Waals surface area contributed by atoms with Crippen LogP contribution in [-0.2, 0) is 9.59 Å². The summed E-state index contributed by atoms with van der Waals surface area (Å²) in [5.41, 5.74) is 2.86. The number of benzene rings is 1. The minimum absolute atomic E-state index is 0.00606. The Balaban J connectivity index is 1.55. The van der Waals surface area contributed by atoms with Gasteiger partial charge in [-0.25, -0.2) is 0 Å². The highest BCUT2D eigenvalue weighted by Crippen LogP contribution is 2.24. The highest BCUT2D eigenvalue weighted by molar-refractivity contribution is 7.10. The number of rotatable bonds is 6. The van der Waals surface area contributed by atoms with Gasteiger partial charge in [-0.05, 0) is 43.3 Å². The maximum absolute atomic E-state index is 12.6. The Bertz CT molecular complexity index is 784. The van der Waals surface area contributed by atoms with E-state index in [1.54, 1.807) is 11.3 Å². The summed E-state index contributed by atoms with van der Waals surface area (Å²) in [6.45, 7) is 6.87. The number of hydrogen-bond acceptors (Lipinski definition) is 3. The molecule has 6 heteroatoms. The van der Waals surface area contributed by atoms with Gasteiger partial charge in [-0.1, -0.05) is 24.3 Å². The molecule has 1 aromatic heterocycles. The molecule has 0 radical (unpaired) electrons. The van der Waals surface area contributed by atoms with Crippen LogP contribution in [0.25, 0.3) is 0 Å². The van der Waals surface area contributed by atoms with Crippen LogP contribution in [0.5, 0.6) is 0 Å². The van der Waals surface area contributed by atoms with Crippen LogP contribution < -0.4 is 15.5 Å². The second-order valence-corrected chi connectivity index (χ2v) is 8.27. The maximum Gasteiger partial charge on any atom is 0.278 e. The van der Waals surface area contributed by atoms with Gasteiger partial charge in [0, 0.05) is 18.5 Å². The largest absolute Gasteiger partial charge is 0.342 e. The number of amides is 2. The van der Waals surface area contributed by atoms with Crippen LogP contribution in [0.3, 0.4) is 0 Å². The van der Waals surface area contributed by atoms with E-state index in [9.17, 15) is 9.59 Å². The predicted molar refractivity (Wildman–Crippen MR) is 109 cm³/mol. The van der Waals surface area contributed by atoms with Crippen molar-refractivity contribution in [2.75, 3.05) is 18.4 Å². The summed E-state index contributed by atoms with van der Waals surface area (Å²) in [4.78, 5) is 27.6. The van der Waals surface area contributed by atoms with Gasteiger partial charge in [-0.3, -0.25) is 9.59 Å². The highest BCUT2D eigenvalue weighted by Gasteiger charge is 2.37. The van der Waals surface area contributed by atoms with E-state index in [4.69, 9.17) is 0 Å². The van der Waals surface area contributed by atoms with Crippen molar-refractivity contribution in [3.05, 3.63) is 51.7 Å². The van der Waals surface area contributed by atoms with Crippen LogP contribution >= 0.6 is 11.3 Å². The molecule has 144 valence electrons. The first kappa shape index (κ1) is 19.6. The smallest absolute Gasteiger partial charge is 0.278 e. The van der Waals surface area contributed by atoms with E-state index in [1.807, 2.05) is 39.0 Å². The van der Waals surface area contributed by atoms with Gasteiger partial charge in [-0.2, -0.15) is 0 Å². The van der Waals surface area contributed by atoms with E-state index in [0.29, 0.717) is 6.04 Å². The topological polar surface area (TPSA) is 62.6 Å². The van der Waals surface area contributed by atoms with E-state index in [1.165, 1.54) is 9.78 Å². The number of hydrogen-bond donors (Lipinski definition) is 3. The molecule has 1 aromatic carbocycles. The molecule has 2 heterocycles. The second kappa shape index (κ2) is 8.67. The Kier molecular flexibility index (Phi) is 6.29. The normalized spacial score (nSPS) is 20.3. The molecular weight excluding hydrogens is 358 g/mol. The Labute approximate surface area is 164 Å². The van der Waals surface area contributed by atoms with E-state index in [0.717, 1.165) is 36.2 Å². The third-order valence-electron chi connectivity index (χ3n) is 5.41. The van der Waals surface area contributed by atoms with Crippen LogP contribution in [0, 0.1) is 13.8 Å². The van der Waals surface area contributed by atoms with Crippen molar-refractivity contribution in [2.45, 2.75) is 45.7 Å². The number of likely N-dealkylation sites (tertiary alicyclic amines) is 1. The van der Waals surface area contributed by atoms with Gasteiger partial charge in [0.05, 0.1) is 18.0 Å². The lowest BCUT2D eigenvalue weighted by molar-refractivity contribution is -0.931. The zero-order valence-corrected chi connectivity index (χ0v) is 17.0. The molecule has 3 N–H and O–H groups in total. The maximum atomic E-state index is 12.6. The number of carbonyl (C=O) groups is 2. The van der Waals surface area contributed by atoms with Crippen LogP contribution in [0.1, 0.15) is 41.8 Å². The summed E-state index contributed by atoms with van der Waals surface area (Å²) in [5, 5.41) is 7.82. The molecule has 1 aliphatic rings. The number of para-hydroxylation sites is 1. The monoisotopic (exact) mass is 386 g/mol. The molecular formula is C21H28N3O2S+.